The summed E-state index contributed by atoms with van der Waals surface area (Å²) in [5.74, 6) is -0.701. The van der Waals surface area contributed by atoms with Crippen molar-refractivity contribution in [3.05, 3.63) is 24.1 Å². The molecule has 0 atom stereocenters. The quantitative estimate of drug-likeness (QED) is 0.812. The van der Waals surface area contributed by atoms with Gasteiger partial charge in [-0.05, 0) is 0 Å². The number of anilines is 1. The molecule has 1 aromatic carbocycles. The highest BCUT2D eigenvalue weighted by Gasteiger charge is 2.18. The van der Waals surface area contributed by atoms with Gasteiger partial charge in [-0.3, -0.25) is 0 Å². The van der Waals surface area contributed by atoms with Gasteiger partial charge in [-0.1, -0.05) is 5.16 Å². The molecule has 2 aromatic rings. The van der Waals surface area contributed by atoms with E-state index in [1.807, 2.05) is 0 Å². The minimum Gasteiger partial charge on any atom is -0.507 e. The molecule has 0 saturated carbocycles. The second-order valence-corrected chi connectivity index (χ2v) is 3.11. The van der Waals surface area contributed by atoms with Gasteiger partial charge in [-0.15, -0.1) is 0 Å². The molecule has 0 aliphatic heterocycles. The molecule has 0 spiro atoms. The van der Waals surface area contributed by atoms with Gasteiger partial charge < -0.3 is 20.1 Å². The first-order chi connectivity index (χ1) is 7.63. The van der Waals surface area contributed by atoms with E-state index in [1.165, 1.54) is 13.3 Å². The van der Waals surface area contributed by atoms with Crippen molar-refractivity contribution in [1.29, 1.82) is 0 Å². The number of benzene rings is 1. The number of phenols is 1. The van der Waals surface area contributed by atoms with Crippen LogP contribution in [-0.2, 0) is 0 Å². The molecular weight excluding hydrogens is 215 g/mol. The lowest BCUT2D eigenvalue weighted by Crippen LogP contribution is -1.92. The molecule has 3 N–H and O–H groups in total. The fraction of sp³-hybridized carbons (Fsp3) is 0.100. The van der Waals surface area contributed by atoms with Crippen LogP contribution >= 0.6 is 0 Å². The Balaban J connectivity index is 2.69. The minimum atomic E-state index is -0.604. The Hall–Kier alpha value is -2.24. The summed E-state index contributed by atoms with van der Waals surface area (Å²) in [4.78, 5) is 0. The van der Waals surface area contributed by atoms with E-state index in [1.54, 1.807) is 0 Å². The van der Waals surface area contributed by atoms with Gasteiger partial charge in [-0.25, -0.2) is 4.39 Å². The van der Waals surface area contributed by atoms with Crippen LogP contribution in [0.4, 0.5) is 10.3 Å². The Kier molecular flexibility index (Phi) is 2.40. The lowest BCUT2D eigenvalue weighted by atomic mass is 10.1. The van der Waals surface area contributed by atoms with E-state index in [0.29, 0.717) is 5.56 Å². The number of aromatic hydroxyl groups is 1. The first-order valence-corrected chi connectivity index (χ1v) is 4.40. The molecule has 0 fully saturated rings. The highest BCUT2D eigenvalue weighted by molar-refractivity contribution is 5.81. The summed E-state index contributed by atoms with van der Waals surface area (Å²) in [6.45, 7) is 0. The maximum Gasteiger partial charge on any atom is 0.230 e. The van der Waals surface area contributed by atoms with E-state index in [-0.39, 0.29) is 22.9 Å². The van der Waals surface area contributed by atoms with Gasteiger partial charge in [0.05, 0.1) is 24.4 Å². The molecule has 0 saturated heterocycles. The Morgan fingerprint density at radius 1 is 1.50 bits per heavy atom. The third kappa shape index (κ3) is 1.54. The average molecular weight is 224 g/mol. The molecule has 0 aliphatic carbocycles. The maximum atomic E-state index is 13.0. The standard InChI is InChI=1S/C10H9FN2O3/c1-15-8-3-5(11)2-7(14)9(8)6-4-13-16-10(6)12/h2-4,14H,12H2,1H3. The second kappa shape index (κ2) is 3.73. The molecule has 0 radical (unpaired) electrons. The second-order valence-electron chi connectivity index (χ2n) is 3.11. The zero-order valence-corrected chi connectivity index (χ0v) is 8.40. The highest BCUT2D eigenvalue weighted by Crippen LogP contribution is 2.40. The largest absolute Gasteiger partial charge is 0.507 e. The van der Waals surface area contributed by atoms with Crippen molar-refractivity contribution in [3.8, 4) is 22.6 Å². The number of rotatable bonds is 2. The zero-order chi connectivity index (χ0) is 11.7. The average Bonchev–Trinajstić information content (AvgIpc) is 2.63. The maximum absolute atomic E-state index is 13.0. The highest BCUT2D eigenvalue weighted by atomic mass is 19.1. The van der Waals surface area contributed by atoms with E-state index < -0.39 is 5.82 Å². The third-order valence-corrected chi connectivity index (χ3v) is 2.13. The molecule has 5 nitrogen and oxygen atoms in total. The number of hydrogen-bond donors (Lipinski definition) is 2. The minimum absolute atomic E-state index is 0.0280. The third-order valence-electron chi connectivity index (χ3n) is 2.13. The summed E-state index contributed by atoms with van der Waals surface area (Å²) < 4.78 is 22.7. The molecular formula is C10H9FN2O3. The molecule has 6 heteroatoms. The molecule has 0 aliphatic rings. The number of nitrogens with zero attached hydrogens (tertiary/aromatic N) is 1. The van der Waals surface area contributed by atoms with Crippen LogP contribution in [0.15, 0.2) is 22.9 Å². The van der Waals surface area contributed by atoms with Gasteiger partial charge in [0.25, 0.3) is 0 Å². The van der Waals surface area contributed by atoms with Crippen molar-refractivity contribution >= 4 is 5.88 Å². The predicted octanol–water partition coefficient (Wildman–Crippen LogP) is 1.78. The first-order valence-electron chi connectivity index (χ1n) is 4.40. The predicted molar refractivity (Wildman–Crippen MR) is 54.5 cm³/mol. The van der Waals surface area contributed by atoms with E-state index in [9.17, 15) is 9.50 Å². The van der Waals surface area contributed by atoms with Gasteiger partial charge in [0, 0.05) is 12.1 Å². The summed E-state index contributed by atoms with van der Waals surface area (Å²) in [6.07, 6.45) is 1.32. The number of nitrogens with two attached hydrogens (primary N) is 1. The van der Waals surface area contributed by atoms with Crippen LogP contribution < -0.4 is 10.5 Å². The summed E-state index contributed by atoms with van der Waals surface area (Å²) in [5, 5.41) is 13.1. The molecule has 0 bridgehead atoms. The van der Waals surface area contributed by atoms with Crippen LogP contribution in [-0.4, -0.2) is 17.4 Å². The Morgan fingerprint density at radius 2 is 2.25 bits per heavy atom. The molecule has 16 heavy (non-hydrogen) atoms. The molecule has 2 rings (SSSR count). The monoisotopic (exact) mass is 224 g/mol. The molecule has 84 valence electrons. The van der Waals surface area contributed by atoms with Gasteiger partial charge in [0.15, 0.2) is 0 Å². The van der Waals surface area contributed by atoms with Crippen molar-refractivity contribution in [2.24, 2.45) is 0 Å². The van der Waals surface area contributed by atoms with E-state index >= 15 is 0 Å². The topological polar surface area (TPSA) is 81.5 Å². The van der Waals surface area contributed by atoms with E-state index in [4.69, 9.17) is 10.5 Å². The van der Waals surface area contributed by atoms with Crippen molar-refractivity contribution in [2.75, 3.05) is 12.8 Å². The summed E-state index contributed by atoms with van der Waals surface area (Å²) in [6, 6.07) is 2.10. The number of aromatic nitrogens is 1. The number of nitrogen functional groups attached to an aromatic ring is 1. The SMILES string of the molecule is COc1cc(F)cc(O)c1-c1cnoc1N. The van der Waals surface area contributed by atoms with Crippen molar-refractivity contribution in [1.82, 2.24) is 5.16 Å². The van der Waals surface area contributed by atoms with Crippen LogP contribution in [0.2, 0.25) is 0 Å². The summed E-state index contributed by atoms with van der Waals surface area (Å²) in [5.41, 5.74) is 6.12. The number of hydrogen-bond acceptors (Lipinski definition) is 5. The molecule has 0 amide bonds. The van der Waals surface area contributed by atoms with Crippen LogP contribution in [0.3, 0.4) is 0 Å². The Morgan fingerprint density at radius 3 is 2.81 bits per heavy atom. The smallest absolute Gasteiger partial charge is 0.230 e. The lowest BCUT2D eigenvalue weighted by molar-refractivity contribution is 0.405. The van der Waals surface area contributed by atoms with Crippen molar-refractivity contribution < 1.29 is 18.8 Å². The number of halogens is 1. The van der Waals surface area contributed by atoms with Crippen LogP contribution in [0.1, 0.15) is 0 Å². The van der Waals surface area contributed by atoms with Gasteiger partial charge in [0.1, 0.15) is 17.3 Å². The fourth-order valence-electron chi connectivity index (χ4n) is 1.44. The first kappa shape index (κ1) is 10.3. The number of ether oxygens (including phenoxy) is 1. The molecule has 0 unspecified atom stereocenters. The zero-order valence-electron chi connectivity index (χ0n) is 8.40. The number of methoxy groups -OCH3 is 1. The van der Waals surface area contributed by atoms with E-state index in [0.717, 1.165) is 12.1 Å². The lowest BCUT2D eigenvalue weighted by Gasteiger charge is -2.09. The Bertz CT molecular complexity index is 525. The van der Waals surface area contributed by atoms with Crippen molar-refractivity contribution in [2.45, 2.75) is 0 Å². The van der Waals surface area contributed by atoms with Crippen LogP contribution in [0, 0.1) is 5.82 Å². The summed E-state index contributed by atoms with van der Waals surface area (Å²) in [7, 11) is 1.36. The van der Waals surface area contributed by atoms with Gasteiger partial charge in [-0.2, -0.15) is 0 Å². The van der Waals surface area contributed by atoms with Gasteiger partial charge >= 0.3 is 0 Å². The van der Waals surface area contributed by atoms with Crippen LogP contribution in [0.5, 0.6) is 11.5 Å². The normalized spacial score (nSPS) is 10.4. The van der Waals surface area contributed by atoms with Crippen LogP contribution in [0.25, 0.3) is 11.1 Å². The van der Waals surface area contributed by atoms with Crippen molar-refractivity contribution in [3.63, 3.8) is 0 Å². The van der Waals surface area contributed by atoms with E-state index in [2.05, 4.69) is 9.68 Å². The Labute approximate surface area is 90.2 Å². The fourth-order valence-corrected chi connectivity index (χ4v) is 1.44. The molecule has 1 aromatic heterocycles. The molecule has 1 heterocycles. The van der Waals surface area contributed by atoms with Gasteiger partial charge in [0.2, 0.25) is 5.88 Å². The summed E-state index contributed by atoms with van der Waals surface area (Å²) >= 11 is 0. The number of phenolic OH excluding ortho intramolecular Hbond substituents is 1.